The molecule has 0 unspecified atom stereocenters. The van der Waals surface area contributed by atoms with E-state index in [1.54, 1.807) is 0 Å². The topological polar surface area (TPSA) is 38.3 Å². The fourth-order valence-corrected chi connectivity index (χ4v) is 1.43. The van der Waals surface area contributed by atoms with Crippen LogP contribution in [0.1, 0.15) is 25.8 Å². The number of methoxy groups -OCH3 is 1. The van der Waals surface area contributed by atoms with E-state index in [1.807, 2.05) is 32.0 Å². The quantitative estimate of drug-likeness (QED) is 0.774. The third kappa shape index (κ3) is 4.45. The van der Waals surface area contributed by atoms with E-state index in [0.29, 0.717) is 6.42 Å². The molecule has 0 aromatic heterocycles. The van der Waals surface area contributed by atoms with Crippen LogP contribution in [0.25, 0.3) is 0 Å². The summed E-state index contributed by atoms with van der Waals surface area (Å²) in [6, 6.07) is 10.1. The van der Waals surface area contributed by atoms with Gasteiger partial charge in [-0.05, 0) is 19.4 Å². The predicted octanol–water partition coefficient (Wildman–Crippen LogP) is 2.12. The van der Waals surface area contributed by atoms with Crippen LogP contribution in [0.15, 0.2) is 30.3 Å². The fraction of sp³-hybridized carbons (Fsp3) is 0.462. The van der Waals surface area contributed by atoms with E-state index < -0.39 is 0 Å². The van der Waals surface area contributed by atoms with Gasteiger partial charge in [0.1, 0.15) is 0 Å². The minimum Gasteiger partial charge on any atom is -0.469 e. The second-order valence-electron chi connectivity index (χ2n) is 4.48. The Morgan fingerprint density at radius 3 is 2.50 bits per heavy atom. The molecule has 1 rings (SSSR count). The Hall–Kier alpha value is -1.35. The molecule has 0 aliphatic rings. The molecule has 3 heteroatoms. The van der Waals surface area contributed by atoms with Crippen molar-refractivity contribution in [2.75, 3.05) is 7.11 Å². The third-order valence-corrected chi connectivity index (χ3v) is 2.43. The molecule has 0 aliphatic carbocycles. The molecule has 16 heavy (non-hydrogen) atoms. The number of esters is 1. The zero-order chi connectivity index (χ0) is 12.0. The lowest BCUT2D eigenvalue weighted by Gasteiger charge is -2.25. The third-order valence-electron chi connectivity index (χ3n) is 2.43. The summed E-state index contributed by atoms with van der Waals surface area (Å²) in [4.78, 5) is 11.2. The molecular weight excluding hydrogens is 202 g/mol. The average Bonchev–Trinajstić information content (AvgIpc) is 2.27. The van der Waals surface area contributed by atoms with Crippen LogP contribution in [0.4, 0.5) is 0 Å². The second-order valence-corrected chi connectivity index (χ2v) is 4.48. The zero-order valence-electron chi connectivity index (χ0n) is 10.1. The summed E-state index contributed by atoms with van der Waals surface area (Å²) < 4.78 is 4.66. The molecule has 0 saturated heterocycles. The van der Waals surface area contributed by atoms with Crippen molar-refractivity contribution >= 4 is 5.97 Å². The Balaban J connectivity index is 2.44. The number of nitrogens with one attached hydrogen (secondary N) is 1. The van der Waals surface area contributed by atoms with Gasteiger partial charge in [0.2, 0.25) is 0 Å². The standard InChI is InChI=1S/C13H19NO2/c1-13(2,9-12(15)16-3)14-10-11-7-5-4-6-8-11/h4-8,14H,9-10H2,1-3H3. The molecule has 0 bridgehead atoms. The molecule has 0 fully saturated rings. The van der Waals surface area contributed by atoms with Crippen molar-refractivity contribution in [1.29, 1.82) is 0 Å². The highest BCUT2D eigenvalue weighted by Crippen LogP contribution is 2.10. The summed E-state index contributed by atoms with van der Waals surface area (Å²) in [5, 5.41) is 3.34. The van der Waals surface area contributed by atoms with Crippen molar-refractivity contribution in [3.63, 3.8) is 0 Å². The molecule has 0 radical (unpaired) electrons. The summed E-state index contributed by atoms with van der Waals surface area (Å²) in [7, 11) is 1.41. The van der Waals surface area contributed by atoms with Gasteiger partial charge in [0, 0.05) is 12.1 Å². The Morgan fingerprint density at radius 2 is 1.94 bits per heavy atom. The highest BCUT2D eigenvalue weighted by Gasteiger charge is 2.21. The highest BCUT2D eigenvalue weighted by atomic mass is 16.5. The van der Waals surface area contributed by atoms with Gasteiger partial charge in [0.05, 0.1) is 13.5 Å². The maximum Gasteiger partial charge on any atom is 0.307 e. The summed E-state index contributed by atoms with van der Waals surface area (Å²) in [5.74, 6) is -0.189. The number of ether oxygens (including phenoxy) is 1. The molecule has 0 atom stereocenters. The highest BCUT2D eigenvalue weighted by molar-refractivity contribution is 5.70. The molecule has 0 spiro atoms. The van der Waals surface area contributed by atoms with Gasteiger partial charge >= 0.3 is 5.97 Å². The van der Waals surface area contributed by atoms with Crippen molar-refractivity contribution in [2.45, 2.75) is 32.4 Å². The lowest BCUT2D eigenvalue weighted by Crippen LogP contribution is -2.40. The number of carbonyl (C=O) groups excluding carboxylic acids is 1. The lowest BCUT2D eigenvalue weighted by atomic mass is 10.0. The van der Waals surface area contributed by atoms with E-state index in [9.17, 15) is 4.79 Å². The molecule has 0 aliphatic heterocycles. The van der Waals surface area contributed by atoms with Crippen LogP contribution < -0.4 is 5.32 Å². The predicted molar refractivity (Wildman–Crippen MR) is 64.0 cm³/mol. The first-order valence-corrected chi connectivity index (χ1v) is 5.39. The van der Waals surface area contributed by atoms with Crippen LogP contribution in [0.5, 0.6) is 0 Å². The Bertz CT molecular complexity index is 333. The number of rotatable bonds is 5. The van der Waals surface area contributed by atoms with Gasteiger partial charge in [-0.3, -0.25) is 4.79 Å². The molecule has 0 heterocycles. The van der Waals surface area contributed by atoms with Gasteiger partial charge < -0.3 is 10.1 Å². The summed E-state index contributed by atoms with van der Waals surface area (Å²) >= 11 is 0. The molecule has 88 valence electrons. The van der Waals surface area contributed by atoms with Gasteiger partial charge in [0.15, 0.2) is 0 Å². The van der Waals surface area contributed by atoms with Crippen molar-refractivity contribution in [2.24, 2.45) is 0 Å². The SMILES string of the molecule is COC(=O)CC(C)(C)NCc1ccccc1. The first kappa shape index (κ1) is 12.7. The molecule has 3 nitrogen and oxygen atoms in total. The monoisotopic (exact) mass is 221 g/mol. The first-order valence-electron chi connectivity index (χ1n) is 5.39. The van der Waals surface area contributed by atoms with Crippen LogP contribution in [0.3, 0.4) is 0 Å². The second kappa shape index (κ2) is 5.66. The molecule has 0 saturated carbocycles. The smallest absolute Gasteiger partial charge is 0.307 e. The van der Waals surface area contributed by atoms with Gasteiger partial charge in [-0.25, -0.2) is 0 Å². The molecular formula is C13H19NO2. The maximum atomic E-state index is 11.2. The van der Waals surface area contributed by atoms with Crippen LogP contribution >= 0.6 is 0 Å². The number of hydrogen-bond acceptors (Lipinski definition) is 3. The van der Waals surface area contributed by atoms with E-state index in [1.165, 1.54) is 12.7 Å². The summed E-state index contributed by atoms with van der Waals surface area (Å²) in [6.07, 6.45) is 0.371. The molecule has 1 aromatic rings. The maximum absolute atomic E-state index is 11.2. The van der Waals surface area contributed by atoms with E-state index in [-0.39, 0.29) is 11.5 Å². The largest absolute Gasteiger partial charge is 0.469 e. The number of carbonyl (C=O) groups is 1. The van der Waals surface area contributed by atoms with Crippen molar-refractivity contribution in [3.05, 3.63) is 35.9 Å². The molecule has 1 aromatic carbocycles. The number of hydrogen-bond donors (Lipinski definition) is 1. The Kier molecular flexibility index (Phi) is 4.50. The van der Waals surface area contributed by atoms with E-state index >= 15 is 0 Å². The van der Waals surface area contributed by atoms with Crippen molar-refractivity contribution in [3.8, 4) is 0 Å². The van der Waals surface area contributed by atoms with Gasteiger partial charge in [-0.2, -0.15) is 0 Å². The van der Waals surface area contributed by atoms with Gasteiger partial charge in [0.25, 0.3) is 0 Å². The number of benzene rings is 1. The van der Waals surface area contributed by atoms with Crippen LogP contribution in [-0.2, 0) is 16.1 Å². The van der Waals surface area contributed by atoms with Crippen molar-refractivity contribution < 1.29 is 9.53 Å². The van der Waals surface area contributed by atoms with Crippen molar-refractivity contribution in [1.82, 2.24) is 5.32 Å². The lowest BCUT2D eigenvalue weighted by molar-refractivity contribution is -0.142. The van der Waals surface area contributed by atoms with Gasteiger partial charge in [-0.15, -0.1) is 0 Å². The van der Waals surface area contributed by atoms with Crippen LogP contribution in [0.2, 0.25) is 0 Å². The van der Waals surface area contributed by atoms with E-state index in [0.717, 1.165) is 6.54 Å². The average molecular weight is 221 g/mol. The zero-order valence-corrected chi connectivity index (χ0v) is 10.1. The molecule has 1 N–H and O–H groups in total. The minimum absolute atomic E-state index is 0.189. The minimum atomic E-state index is -0.247. The summed E-state index contributed by atoms with van der Waals surface area (Å²) in [6.45, 7) is 4.74. The Morgan fingerprint density at radius 1 is 1.31 bits per heavy atom. The fourth-order valence-electron chi connectivity index (χ4n) is 1.43. The van der Waals surface area contributed by atoms with E-state index in [2.05, 4.69) is 22.2 Å². The first-order chi connectivity index (χ1) is 7.53. The summed E-state index contributed by atoms with van der Waals surface area (Å²) in [5.41, 5.74) is 0.962. The van der Waals surface area contributed by atoms with Gasteiger partial charge in [-0.1, -0.05) is 30.3 Å². The van der Waals surface area contributed by atoms with Crippen LogP contribution in [-0.4, -0.2) is 18.6 Å². The normalized spacial score (nSPS) is 11.2. The van der Waals surface area contributed by atoms with E-state index in [4.69, 9.17) is 0 Å². The Labute approximate surface area is 96.8 Å². The molecule has 0 amide bonds. The van der Waals surface area contributed by atoms with Crippen LogP contribution in [0, 0.1) is 0 Å².